The summed E-state index contributed by atoms with van der Waals surface area (Å²) in [7, 11) is -3.56. The minimum Gasteiger partial charge on any atom is -0.264 e. The lowest BCUT2D eigenvalue weighted by molar-refractivity contribution is 0.599. The molecule has 2 rings (SSSR count). The van der Waals surface area contributed by atoms with Crippen LogP contribution in [0.4, 0.5) is 5.82 Å². The monoisotopic (exact) mass is 293 g/mol. The molecule has 20 heavy (non-hydrogen) atoms. The smallest absolute Gasteiger partial charge is 0.263 e. The Balaban J connectivity index is 2.22. The molecule has 1 N–H and O–H groups in total. The SMILES string of the molecule is CCCc1ccc(S(=O)(=O)Nc2ccnn2CC)cc1. The number of benzene rings is 1. The molecule has 108 valence electrons. The molecule has 0 aliphatic carbocycles. The van der Waals surface area contributed by atoms with Crippen molar-refractivity contribution in [2.75, 3.05) is 4.72 Å². The van der Waals surface area contributed by atoms with Gasteiger partial charge in [-0.25, -0.2) is 13.1 Å². The number of hydrogen-bond acceptors (Lipinski definition) is 3. The Hall–Kier alpha value is -1.82. The third-order valence-corrected chi connectivity index (χ3v) is 4.40. The summed E-state index contributed by atoms with van der Waals surface area (Å²) in [4.78, 5) is 0.265. The molecule has 0 amide bonds. The summed E-state index contributed by atoms with van der Waals surface area (Å²) in [6, 6.07) is 8.64. The van der Waals surface area contributed by atoms with E-state index in [1.165, 1.54) is 0 Å². The molecule has 0 fully saturated rings. The van der Waals surface area contributed by atoms with E-state index in [1.807, 2.05) is 19.1 Å². The summed E-state index contributed by atoms with van der Waals surface area (Å²) in [5, 5.41) is 4.04. The van der Waals surface area contributed by atoms with Gasteiger partial charge in [0.2, 0.25) is 0 Å². The van der Waals surface area contributed by atoms with Gasteiger partial charge in [0, 0.05) is 12.6 Å². The standard InChI is InChI=1S/C14H19N3O2S/c1-3-5-12-6-8-13(9-7-12)20(18,19)16-14-10-11-15-17(14)4-2/h6-11,16H,3-5H2,1-2H3. The molecular weight excluding hydrogens is 274 g/mol. The second kappa shape index (κ2) is 6.09. The third kappa shape index (κ3) is 3.19. The molecule has 5 nitrogen and oxygen atoms in total. The first kappa shape index (κ1) is 14.6. The van der Waals surface area contributed by atoms with E-state index in [9.17, 15) is 8.42 Å². The van der Waals surface area contributed by atoms with Gasteiger partial charge in [0.25, 0.3) is 10.0 Å². The van der Waals surface area contributed by atoms with Gasteiger partial charge in [-0.05, 0) is 31.0 Å². The number of sulfonamides is 1. The maximum atomic E-state index is 12.3. The van der Waals surface area contributed by atoms with Gasteiger partial charge in [-0.3, -0.25) is 4.72 Å². The quantitative estimate of drug-likeness (QED) is 0.890. The Morgan fingerprint density at radius 3 is 2.45 bits per heavy atom. The first-order chi connectivity index (χ1) is 9.56. The molecule has 0 unspecified atom stereocenters. The lowest BCUT2D eigenvalue weighted by Crippen LogP contribution is -2.16. The Kier molecular flexibility index (Phi) is 4.44. The molecule has 0 atom stereocenters. The van der Waals surface area contributed by atoms with Crippen LogP contribution >= 0.6 is 0 Å². The van der Waals surface area contributed by atoms with Crippen LogP contribution in [0.2, 0.25) is 0 Å². The summed E-state index contributed by atoms with van der Waals surface area (Å²) in [6.07, 6.45) is 3.57. The van der Waals surface area contributed by atoms with Crippen molar-refractivity contribution in [3.8, 4) is 0 Å². The topological polar surface area (TPSA) is 64.0 Å². The molecule has 1 heterocycles. The van der Waals surface area contributed by atoms with E-state index in [1.54, 1.807) is 29.1 Å². The second-order valence-electron chi connectivity index (χ2n) is 4.53. The van der Waals surface area contributed by atoms with Gasteiger partial charge in [0.1, 0.15) is 5.82 Å². The second-order valence-corrected chi connectivity index (χ2v) is 6.21. The van der Waals surface area contributed by atoms with E-state index in [2.05, 4.69) is 16.7 Å². The molecule has 0 aliphatic rings. The number of nitrogens with one attached hydrogen (secondary N) is 1. The predicted molar refractivity (Wildman–Crippen MR) is 79.1 cm³/mol. The van der Waals surface area contributed by atoms with Crippen molar-refractivity contribution in [1.29, 1.82) is 0 Å². The summed E-state index contributed by atoms with van der Waals surface area (Å²) >= 11 is 0. The van der Waals surface area contributed by atoms with Crippen LogP contribution in [0.5, 0.6) is 0 Å². The molecule has 2 aromatic rings. The normalized spacial score (nSPS) is 11.5. The van der Waals surface area contributed by atoms with Crippen LogP contribution in [0.15, 0.2) is 41.4 Å². The largest absolute Gasteiger partial charge is 0.264 e. The first-order valence-corrected chi connectivity index (χ1v) is 8.18. The molecular formula is C14H19N3O2S. The average Bonchev–Trinajstić information content (AvgIpc) is 2.86. The van der Waals surface area contributed by atoms with Gasteiger partial charge in [-0.1, -0.05) is 25.5 Å². The van der Waals surface area contributed by atoms with Crippen LogP contribution < -0.4 is 4.72 Å². The fourth-order valence-electron chi connectivity index (χ4n) is 1.99. The Labute approximate surface area is 119 Å². The van der Waals surface area contributed by atoms with Gasteiger partial charge >= 0.3 is 0 Å². The Morgan fingerprint density at radius 2 is 1.85 bits per heavy atom. The highest BCUT2D eigenvalue weighted by Gasteiger charge is 2.15. The minimum atomic E-state index is -3.56. The number of nitrogens with zero attached hydrogens (tertiary/aromatic N) is 2. The minimum absolute atomic E-state index is 0.265. The fourth-order valence-corrected chi connectivity index (χ4v) is 3.05. The lowest BCUT2D eigenvalue weighted by Gasteiger charge is -2.09. The van der Waals surface area contributed by atoms with Gasteiger partial charge in [-0.15, -0.1) is 0 Å². The molecule has 6 heteroatoms. The van der Waals surface area contributed by atoms with E-state index >= 15 is 0 Å². The number of aromatic nitrogens is 2. The van der Waals surface area contributed by atoms with E-state index < -0.39 is 10.0 Å². The van der Waals surface area contributed by atoms with Gasteiger partial charge in [0.15, 0.2) is 0 Å². The predicted octanol–water partition coefficient (Wildman–Crippen LogP) is 2.66. The average molecular weight is 293 g/mol. The van der Waals surface area contributed by atoms with Gasteiger partial charge < -0.3 is 0 Å². The highest BCUT2D eigenvalue weighted by atomic mass is 32.2. The highest BCUT2D eigenvalue weighted by molar-refractivity contribution is 7.92. The van der Waals surface area contributed by atoms with Crippen molar-refractivity contribution in [3.63, 3.8) is 0 Å². The maximum absolute atomic E-state index is 12.3. The molecule has 0 radical (unpaired) electrons. The zero-order valence-corrected chi connectivity index (χ0v) is 12.5. The van der Waals surface area contributed by atoms with Crippen molar-refractivity contribution in [1.82, 2.24) is 9.78 Å². The van der Waals surface area contributed by atoms with E-state index in [4.69, 9.17) is 0 Å². The zero-order valence-electron chi connectivity index (χ0n) is 11.7. The van der Waals surface area contributed by atoms with Crippen molar-refractivity contribution < 1.29 is 8.42 Å². The van der Waals surface area contributed by atoms with Gasteiger partial charge in [0.05, 0.1) is 11.1 Å². The maximum Gasteiger partial charge on any atom is 0.263 e. The Morgan fingerprint density at radius 1 is 1.15 bits per heavy atom. The molecule has 1 aromatic heterocycles. The molecule has 1 aromatic carbocycles. The number of rotatable bonds is 6. The lowest BCUT2D eigenvalue weighted by atomic mass is 10.1. The van der Waals surface area contributed by atoms with Crippen LogP contribution in [0.3, 0.4) is 0 Å². The number of anilines is 1. The van der Waals surface area contributed by atoms with Gasteiger partial charge in [-0.2, -0.15) is 5.10 Å². The number of hydrogen-bond donors (Lipinski definition) is 1. The highest BCUT2D eigenvalue weighted by Crippen LogP contribution is 2.16. The molecule has 0 bridgehead atoms. The summed E-state index contributed by atoms with van der Waals surface area (Å²) in [6.45, 7) is 4.61. The van der Waals surface area contributed by atoms with Crippen LogP contribution in [0.25, 0.3) is 0 Å². The van der Waals surface area contributed by atoms with Crippen molar-refractivity contribution in [3.05, 3.63) is 42.1 Å². The first-order valence-electron chi connectivity index (χ1n) is 6.70. The van der Waals surface area contributed by atoms with E-state index in [0.29, 0.717) is 12.4 Å². The van der Waals surface area contributed by atoms with Crippen LogP contribution in [0, 0.1) is 0 Å². The van der Waals surface area contributed by atoms with Crippen LogP contribution in [-0.2, 0) is 23.0 Å². The molecule has 0 saturated heterocycles. The molecule has 0 spiro atoms. The van der Waals surface area contributed by atoms with Crippen molar-refractivity contribution in [2.24, 2.45) is 0 Å². The summed E-state index contributed by atoms with van der Waals surface area (Å²) in [5.41, 5.74) is 1.14. The van der Waals surface area contributed by atoms with Crippen LogP contribution in [-0.4, -0.2) is 18.2 Å². The molecule has 0 aliphatic heterocycles. The van der Waals surface area contributed by atoms with Crippen molar-refractivity contribution >= 4 is 15.8 Å². The van der Waals surface area contributed by atoms with E-state index in [0.717, 1.165) is 18.4 Å². The zero-order chi connectivity index (χ0) is 14.6. The number of aryl methyl sites for hydroxylation is 2. The Bertz CT molecular complexity index is 660. The fraction of sp³-hybridized carbons (Fsp3) is 0.357. The third-order valence-electron chi connectivity index (χ3n) is 3.03. The summed E-state index contributed by atoms with van der Waals surface area (Å²) < 4.78 is 28.7. The van der Waals surface area contributed by atoms with Crippen molar-refractivity contribution in [2.45, 2.75) is 38.1 Å². The van der Waals surface area contributed by atoms with Crippen LogP contribution in [0.1, 0.15) is 25.8 Å². The summed E-state index contributed by atoms with van der Waals surface area (Å²) in [5.74, 6) is 0.477. The van der Waals surface area contributed by atoms with E-state index in [-0.39, 0.29) is 4.90 Å². The molecule has 0 saturated carbocycles.